The van der Waals surface area contributed by atoms with E-state index in [1.165, 1.54) is 0 Å². The number of hydrogen-bond donors (Lipinski definition) is 0. The van der Waals surface area contributed by atoms with E-state index in [0.717, 1.165) is 19.3 Å². The van der Waals surface area contributed by atoms with Crippen LogP contribution in [0.2, 0.25) is 0 Å². The van der Waals surface area contributed by atoms with Gasteiger partial charge < -0.3 is 9.47 Å². The van der Waals surface area contributed by atoms with Crippen LogP contribution in [0.25, 0.3) is 0 Å². The molecule has 0 N–H and O–H groups in total. The van der Waals surface area contributed by atoms with Gasteiger partial charge in [-0.05, 0) is 27.2 Å². The molecule has 1 aliphatic heterocycles. The Morgan fingerprint density at radius 1 is 1.42 bits per heavy atom. The summed E-state index contributed by atoms with van der Waals surface area (Å²) in [7, 11) is 0. The van der Waals surface area contributed by atoms with Gasteiger partial charge in [0, 0.05) is 6.42 Å². The molecule has 1 fully saturated rings. The standard InChI is InChI=1S/C10H20O2/c1-5-6-9-11-8(2)7-10(3,4)12-9/h8-9H,5-7H2,1-4H3/t8-,9-/m0/s1. The first-order valence-electron chi connectivity index (χ1n) is 4.87. The summed E-state index contributed by atoms with van der Waals surface area (Å²) < 4.78 is 11.4. The van der Waals surface area contributed by atoms with Gasteiger partial charge in [-0.2, -0.15) is 0 Å². The predicted molar refractivity (Wildman–Crippen MR) is 49.0 cm³/mol. The van der Waals surface area contributed by atoms with Crippen molar-refractivity contribution in [3.05, 3.63) is 0 Å². The predicted octanol–water partition coefficient (Wildman–Crippen LogP) is 2.72. The molecule has 0 bridgehead atoms. The summed E-state index contributed by atoms with van der Waals surface area (Å²) in [5.41, 5.74) is -0.00248. The monoisotopic (exact) mass is 172 g/mol. The number of rotatable bonds is 2. The van der Waals surface area contributed by atoms with E-state index in [1.807, 2.05) is 0 Å². The van der Waals surface area contributed by atoms with Crippen molar-refractivity contribution in [3.63, 3.8) is 0 Å². The normalized spacial score (nSPS) is 35.0. The maximum Gasteiger partial charge on any atom is 0.158 e. The fraction of sp³-hybridized carbons (Fsp3) is 1.00. The van der Waals surface area contributed by atoms with Crippen LogP contribution in [-0.4, -0.2) is 18.0 Å². The van der Waals surface area contributed by atoms with Gasteiger partial charge in [0.2, 0.25) is 0 Å². The molecule has 2 heteroatoms. The molecule has 0 saturated carbocycles. The molecule has 72 valence electrons. The van der Waals surface area contributed by atoms with Crippen molar-refractivity contribution in [2.75, 3.05) is 0 Å². The van der Waals surface area contributed by atoms with Gasteiger partial charge in [-0.1, -0.05) is 13.3 Å². The maximum atomic E-state index is 5.76. The van der Waals surface area contributed by atoms with Crippen molar-refractivity contribution in [2.45, 2.75) is 65.0 Å². The third-order valence-electron chi connectivity index (χ3n) is 2.14. The van der Waals surface area contributed by atoms with Crippen LogP contribution >= 0.6 is 0 Å². The maximum absolute atomic E-state index is 5.76. The third kappa shape index (κ3) is 2.76. The van der Waals surface area contributed by atoms with E-state index < -0.39 is 0 Å². The van der Waals surface area contributed by atoms with E-state index >= 15 is 0 Å². The van der Waals surface area contributed by atoms with Gasteiger partial charge in [0.15, 0.2) is 6.29 Å². The lowest BCUT2D eigenvalue weighted by atomic mass is 10.00. The van der Waals surface area contributed by atoms with Gasteiger partial charge >= 0.3 is 0 Å². The highest BCUT2D eigenvalue weighted by molar-refractivity contribution is 4.77. The lowest BCUT2D eigenvalue weighted by Crippen LogP contribution is -2.42. The van der Waals surface area contributed by atoms with Crippen molar-refractivity contribution in [1.82, 2.24) is 0 Å². The minimum atomic E-state index is -0.00248. The lowest BCUT2D eigenvalue weighted by Gasteiger charge is -2.39. The van der Waals surface area contributed by atoms with E-state index in [9.17, 15) is 0 Å². The van der Waals surface area contributed by atoms with E-state index in [4.69, 9.17) is 9.47 Å². The summed E-state index contributed by atoms with van der Waals surface area (Å²) in [6, 6.07) is 0. The van der Waals surface area contributed by atoms with Gasteiger partial charge in [-0.3, -0.25) is 0 Å². The molecule has 1 rings (SSSR count). The SMILES string of the molecule is CCC[C@H]1O[C@@H](C)CC(C)(C)O1. The fourth-order valence-corrected chi connectivity index (χ4v) is 1.79. The minimum absolute atomic E-state index is 0.00248. The second-order valence-electron chi connectivity index (χ2n) is 4.25. The molecule has 1 aliphatic rings. The number of ether oxygens (including phenoxy) is 2. The first-order chi connectivity index (χ1) is 5.53. The first kappa shape index (κ1) is 10.0. The summed E-state index contributed by atoms with van der Waals surface area (Å²) >= 11 is 0. The molecule has 0 spiro atoms. The van der Waals surface area contributed by atoms with Gasteiger partial charge in [0.25, 0.3) is 0 Å². The van der Waals surface area contributed by atoms with Crippen LogP contribution in [0.3, 0.4) is 0 Å². The van der Waals surface area contributed by atoms with Gasteiger partial charge in [-0.25, -0.2) is 0 Å². The molecule has 0 radical (unpaired) electrons. The second kappa shape index (κ2) is 3.75. The zero-order valence-corrected chi connectivity index (χ0v) is 8.59. The zero-order chi connectivity index (χ0) is 9.19. The molecule has 0 aromatic rings. The molecule has 1 saturated heterocycles. The number of hydrogen-bond acceptors (Lipinski definition) is 2. The molecular formula is C10H20O2. The highest BCUT2D eigenvalue weighted by Gasteiger charge is 2.32. The van der Waals surface area contributed by atoms with Crippen molar-refractivity contribution in [2.24, 2.45) is 0 Å². The average molecular weight is 172 g/mol. The summed E-state index contributed by atoms with van der Waals surface area (Å²) in [5, 5.41) is 0. The van der Waals surface area contributed by atoms with Crippen LogP contribution in [0.4, 0.5) is 0 Å². The molecule has 2 nitrogen and oxygen atoms in total. The Labute approximate surface area is 75.2 Å². The molecular weight excluding hydrogens is 152 g/mol. The summed E-state index contributed by atoms with van der Waals surface area (Å²) in [5.74, 6) is 0. The van der Waals surface area contributed by atoms with Crippen LogP contribution < -0.4 is 0 Å². The summed E-state index contributed by atoms with van der Waals surface area (Å²) in [6.45, 7) is 8.54. The molecule has 1 heterocycles. The van der Waals surface area contributed by atoms with Crippen LogP contribution in [0.15, 0.2) is 0 Å². The Morgan fingerprint density at radius 3 is 2.58 bits per heavy atom. The van der Waals surface area contributed by atoms with E-state index in [0.29, 0.717) is 6.10 Å². The molecule has 0 aromatic carbocycles. The van der Waals surface area contributed by atoms with Crippen LogP contribution in [-0.2, 0) is 9.47 Å². The van der Waals surface area contributed by atoms with E-state index in [1.54, 1.807) is 0 Å². The quantitative estimate of drug-likeness (QED) is 0.637. The molecule has 12 heavy (non-hydrogen) atoms. The molecule has 0 unspecified atom stereocenters. The van der Waals surface area contributed by atoms with Crippen LogP contribution in [0, 0.1) is 0 Å². The van der Waals surface area contributed by atoms with Crippen molar-refractivity contribution >= 4 is 0 Å². The van der Waals surface area contributed by atoms with Gasteiger partial charge in [0.05, 0.1) is 11.7 Å². The first-order valence-corrected chi connectivity index (χ1v) is 4.87. The zero-order valence-electron chi connectivity index (χ0n) is 8.59. The van der Waals surface area contributed by atoms with Crippen molar-refractivity contribution in [3.8, 4) is 0 Å². The molecule has 0 aliphatic carbocycles. The Morgan fingerprint density at radius 2 is 2.08 bits per heavy atom. The Kier molecular flexibility index (Phi) is 3.13. The van der Waals surface area contributed by atoms with Gasteiger partial charge in [0.1, 0.15) is 0 Å². The largest absolute Gasteiger partial charge is 0.350 e. The van der Waals surface area contributed by atoms with Gasteiger partial charge in [-0.15, -0.1) is 0 Å². The third-order valence-corrected chi connectivity index (χ3v) is 2.14. The molecule has 0 aromatic heterocycles. The second-order valence-corrected chi connectivity index (χ2v) is 4.25. The average Bonchev–Trinajstić information content (AvgIpc) is 1.82. The van der Waals surface area contributed by atoms with E-state index in [-0.39, 0.29) is 11.9 Å². The minimum Gasteiger partial charge on any atom is -0.350 e. The summed E-state index contributed by atoms with van der Waals surface area (Å²) in [4.78, 5) is 0. The Bertz CT molecular complexity index is 143. The van der Waals surface area contributed by atoms with Crippen molar-refractivity contribution in [1.29, 1.82) is 0 Å². The lowest BCUT2D eigenvalue weighted by molar-refractivity contribution is -0.270. The topological polar surface area (TPSA) is 18.5 Å². The Balaban J connectivity index is 2.46. The molecule has 0 amide bonds. The summed E-state index contributed by atoms with van der Waals surface area (Å²) in [6.07, 6.45) is 3.48. The van der Waals surface area contributed by atoms with Crippen molar-refractivity contribution < 1.29 is 9.47 Å². The van der Waals surface area contributed by atoms with Crippen LogP contribution in [0.5, 0.6) is 0 Å². The Hall–Kier alpha value is -0.0800. The highest BCUT2D eigenvalue weighted by atomic mass is 16.7. The highest BCUT2D eigenvalue weighted by Crippen LogP contribution is 2.28. The van der Waals surface area contributed by atoms with Crippen LogP contribution in [0.1, 0.15) is 47.0 Å². The molecule has 2 atom stereocenters. The smallest absolute Gasteiger partial charge is 0.158 e. The van der Waals surface area contributed by atoms with E-state index in [2.05, 4.69) is 27.7 Å². The fourth-order valence-electron chi connectivity index (χ4n) is 1.79.